The molecule has 4 rings (SSSR count). The number of β-amino-alcohol motifs (C(OH)–C–C–N with tert-alkyl or cyclic N) is 1. The number of aliphatic hydroxyl groups is 1. The minimum absolute atomic E-state index is 0.0381. The summed E-state index contributed by atoms with van der Waals surface area (Å²) in [7, 11) is -1.86. The maximum atomic E-state index is 13.3. The van der Waals surface area contributed by atoms with E-state index in [-0.39, 0.29) is 24.6 Å². The van der Waals surface area contributed by atoms with Gasteiger partial charge in [-0.15, -0.1) is 0 Å². The molecule has 0 aromatic heterocycles. The van der Waals surface area contributed by atoms with Crippen LogP contribution in [0.15, 0.2) is 42.5 Å². The van der Waals surface area contributed by atoms with E-state index in [4.69, 9.17) is 0 Å². The molecule has 11 heteroatoms. The number of nitrogens with one attached hydrogen (secondary N) is 1. The second kappa shape index (κ2) is 9.20. The van der Waals surface area contributed by atoms with Gasteiger partial charge in [-0.2, -0.15) is 13.2 Å². The van der Waals surface area contributed by atoms with Crippen LogP contribution in [0.5, 0.6) is 0 Å². The van der Waals surface area contributed by atoms with Gasteiger partial charge in [0, 0.05) is 26.7 Å². The third-order valence-corrected chi connectivity index (χ3v) is 7.50. The normalized spacial score (nSPS) is 20.6. The lowest BCUT2D eigenvalue weighted by Gasteiger charge is -2.32. The molecular weight excluding hydrogens is 471 g/mol. The smallest absolute Gasteiger partial charge is 0.392 e. The number of hydrogen-bond donors (Lipinski definition) is 2. The number of halogens is 3. The number of aliphatic hydroxyl groups excluding tert-OH is 1. The average molecular weight is 498 g/mol. The van der Waals surface area contributed by atoms with Gasteiger partial charge in [-0.1, -0.05) is 24.3 Å². The van der Waals surface area contributed by atoms with Crippen molar-refractivity contribution in [3.05, 3.63) is 64.7 Å². The molecule has 1 amide bonds. The summed E-state index contributed by atoms with van der Waals surface area (Å²) in [6, 6.07) is 9.25. The lowest BCUT2D eigenvalue weighted by atomic mass is 10.0. The average Bonchev–Trinajstić information content (AvgIpc) is 3.31. The van der Waals surface area contributed by atoms with Crippen LogP contribution < -0.4 is 4.72 Å². The summed E-state index contributed by atoms with van der Waals surface area (Å²) >= 11 is 0. The number of nitrogens with zero attached hydrogens (tertiary/aromatic N) is 2. The Bertz CT molecular complexity index is 1190. The topological polar surface area (TPSA) is 90.0 Å². The highest BCUT2D eigenvalue weighted by Gasteiger charge is 2.33. The third-order valence-electron chi connectivity index (χ3n) is 6.28. The molecule has 0 radical (unpaired) electrons. The molecule has 0 aliphatic carbocycles. The molecule has 34 heavy (non-hydrogen) atoms. The first-order valence-corrected chi connectivity index (χ1v) is 12.5. The molecule has 1 saturated heterocycles. The van der Waals surface area contributed by atoms with Gasteiger partial charge < -0.3 is 10.0 Å². The van der Waals surface area contributed by atoms with Gasteiger partial charge in [0.1, 0.15) is 0 Å². The fourth-order valence-electron chi connectivity index (χ4n) is 4.43. The first-order valence-electron chi connectivity index (χ1n) is 10.9. The molecule has 2 N–H and O–H groups in total. The standard InChI is InChI=1S/C23H26F3N3O4S/c1-28(22(31)10-15-5-6-17-14-34(32,33)27-20(17)9-15)21(13-29-8-7-19(30)12-29)16-3-2-4-18(11-16)23(24,25)26/h2-6,9,11,19,21,27,30H,7-8,10,12-14H2,1H3/t19-,21+/m0/s1. The number of alkyl halides is 3. The Morgan fingerprint density at radius 3 is 2.71 bits per heavy atom. The van der Waals surface area contributed by atoms with E-state index in [1.54, 1.807) is 31.3 Å². The van der Waals surface area contributed by atoms with Crippen molar-refractivity contribution >= 4 is 21.6 Å². The van der Waals surface area contributed by atoms with Gasteiger partial charge >= 0.3 is 6.18 Å². The summed E-state index contributed by atoms with van der Waals surface area (Å²) in [6.45, 7) is 1.26. The summed E-state index contributed by atoms with van der Waals surface area (Å²) in [6.07, 6.45) is -4.48. The molecule has 2 aromatic rings. The van der Waals surface area contributed by atoms with Crippen molar-refractivity contribution in [1.29, 1.82) is 0 Å². The van der Waals surface area contributed by atoms with E-state index in [1.807, 2.05) is 4.90 Å². The Morgan fingerprint density at radius 1 is 1.26 bits per heavy atom. The zero-order chi connectivity index (χ0) is 24.7. The number of hydrogen-bond acceptors (Lipinski definition) is 5. The predicted octanol–water partition coefficient (Wildman–Crippen LogP) is 2.77. The fraction of sp³-hybridized carbons (Fsp3) is 0.435. The summed E-state index contributed by atoms with van der Waals surface area (Å²) in [4.78, 5) is 16.5. The Labute approximate surface area is 196 Å². The highest BCUT2D eigenvalue weighted by Crippen LogP contribution is 2.33. The van der Waals surface area contributed by atoms with E-state index in [0.717, 1.165) is 12.1 Å². The van der Waals surface area contributed by atoms with Crippen molar-refractivity contribution < 1.29 is 31.5 Å². The van der Waals surface area contributed by atoms with Crippen LogP contribution in [0.4, 0.5) is 18.9 Å². The zero-order valence-electron chi connectivity index (χ0n) is 18.5. The molecule has 2 aliphatic rings. The monoisotopic (exact) mass is 497 g/mol. The van der Waals surface area contributed by atoms with Crippen LogP contribution in [-0.4, -0.2) is 62.0 Å². The molecule has 1 fully saturated rings. The van der Waals surface area contributed by atoms with Crippen LogP contribution in [0.2, 0.25) is 0 Å². The first-order chi connectivity index (χ1) is 15.9. The lowest BCUT2D eigenvalue weighted by Crippen LogP contribution is -2.39. The van der Waals surface area contributed by atoms with E-state index in [2.05, 4.69) is 4.72 Å². The third kappa shape index (κ3) is 5.53. The Hall–Kier alpha value is -2.63. The maximum Gasteiger partial charge on any atom is 0.416 e. The van der Waals surface area contributed by atoms with E-state index in [1.165, 1.54) is 11.0 Å². The second-order valence-corrected chi connectivity index (χ2v) is 10.6. The summed E-state index contributed by atoms with van der Waals surface area (Å²) < 4.78 is 66.0. The van der Waals surface area contributed by atoms with Crippen LogP contribution in [0.1, 0.15) is 34.7 Å². The molecule has 2 aliphatic heterocycles. The number of sulfonamides is 1. The number of amides is 1. The highest BCUT2D eigenvalue weighted by molar-refractivity contribution is 7.92. The molecule has 0 bridgehead atoms. The summed E-state index contributed by atoms with van der Waals surface area (Å²) in [5, 5.41) is 9.87. The number of benzene rings is 2. The number of anilines is 1. The van der Waals surface area contributed by atoms with Crippen molar-refractivity contribution in [3.63, 3.8) is 0 Å². The van der Waals surface area contributed by atoms with E-state index in [0.29, 0.717) is 41.9 Å². The van der Waals surface area contributed by atoms with Crippen LogP contribution in [0.3, 0.4) is 0 Å². The van der Waals surface area contributed by atoms with E-state index >= 15 is 0 Å². The molecule has 7 nitrogen and oxygen atoms in total. The van der Waals surface area contributed by atoms with E-state index < -0.39 is 33.9 Å². The minimum Gasteiger partial charge on any atom is -0.392 e. The zero-order valence-corrected chi connectivity index (χ0v) is 19.4. The fourth-order valence-corrected chi connectivity index (χ4v) is 5.69. The molecule has 2 aromatic carbocycles. The molecule has 2 atom stereocenters. The van der Waals surface area contributed by atoms with Gasteiger partial charge in [0.2, 0.25) is 15.9 Å². The Balaban J connectivity index is 1.57. The number of likely N-dealkylation sites (N-methyl/N-ethyl adjacent to an activating group) is 1. The van der Waals surface area contributed by atoms with E-state index in [9.17, 15) is 31.5 Å². The summed E-state index contributed by atoms with van der Waals surface area (Å²) in [5.41, 5.74) is 1.23. The molecular formula is C23H26F3N3O4S. The van der Waals surface area contributed by atoms with Crippen molar-refractivity contribution in [2.45, 2.75) is 36.9 Å². The Kier molecular flexibility index (Phi) is 6.63. The second-order valence-electron chi connectivity index (χ2n) is 8.88. The molecule has 184 valence electrons. The highest BCUT2D eigenvalue weighted by atomic mass is 32.2. The van der Waals surface area contributed by atoms with Gasteiger partial charge in [0.05, 0.1) is 35.6 Å². The quantitative estimate of drug-likeness (QED) is 0.641. The first kappa shape index (κ1) is 24.5. The lowest BCUT2D eigenvalue weighted by molar-refractivity contribution is -0.137. The molecule has 0 unspecified atom stereocenters. The van der Waals surface area contributed by atoms with Crippen LogP contribution in [-0.2, 0) is 33.2 Å². The van der Waals surface area contributed by atoms with Crippen molar-refractivity contribution in [2.75, 3.05) is 31.4 Å². The number of carbonyl (C=O) groups excluding carboxylic acids is 1. The van der Waals surface area contributed by atoms with Crippen LogP contribution in [0, 0.1) is 0 Å². The SMILES string of the molecule is CN(C(=O)Cc1ccc2c(c1)NS(=O)(=O)C2)[C@H](CN1CC[C@H](O)C1)c1cccc(C(F)(F)F)c1. The van der Waals surface area contributed by atoms with Gasteiger partial charge in [-0.05, 0) is 41.3 Å². The van der Waals surface area contributed by atoms with Crippen LogP contribution >= 0.6 is 0 Å². The maximum absolute atomic E-state index is 13.3. The van der Waals surface area contributed by atoms with Crippen LogP contribution in [0.25, 0.3) is 0 Å². The molecule has 0 saturated carbocycles. The number of fused-ring (bicyclic) bond motifs is 1. The number of carbonyl (C=O) groups is 1. The van der Waals surface area contributed by atoms with Gasteiger partial charge in [0.15, 0.2) is 0 Å². The van der Waals surface area contributed by atoms with Gasteiger partial charge in [-0.25, -0.2) is 8.42 Å². The Morgan fingerprint density at radius 2 is 2.03 bits per heavy atom. The van der Waals surface area contributed by atoms with Gasteiger partial charge in [-0.3, -0.25) is 14.4 Å². The predicted molar refractivity (Wildman–Crippen MR) is 120 cm³/mol. The van der Waals surface area contributed by atoms with Crippen molar-refractivity contribution in [1.82, 2.24) is 9.80 Å². The van der Waals surface area contributed by atoms with Crippen molar-refractivity contribution in [2.24, 2.45) is 0 Å². The molecule has 0 spiro atoms. The molecule has 2 heterocycles. The number of rotatable bonds is 6. The minimum atomic E-state index is -4.51. The van der Waals surface area contributed by atoms with Crippen molar-refractivity contribution in [3.8, 4) is 0 Å². The summed E-state index contributed by atoms with van der Waals surface area (Å²) in [5.74, 6) is -0.432. The number of likely N-dealkylation sites (tertiary alicyclic amines) is 1. The largest absolute Gasteiger partial charge is 0.416 e. The van der Waals surface area contributed by atoms with Gasteiger partial charge in [0.25, 0.3) is 0 Å².